The SMILES string of the molecule is CCC[C@@H](O)[C@H](NS(=O)(=O)c1ccc(Br)s1)[C@@H](C)CC. The molecule has 116 valence electrons. The van der Waals surface area contributed by atoms with Gasteiger partial charge >= 0.3 is 0 Å². The lowest BCUT2D eigenvalue weighted by Crippen LogP contribution is -2.47. The summed E-state index contributed by atoms with van der Waals surface area (Å²) >= 11 is 4.43. The first kappa shape index (κ1) is 18.1. The van der Waals surface area contributed by atoms with E-state index >= 15 is 0 Å². The van der Waals surface area contributed by atoms with E-state index in [0.29, 0.717) is 6.42 Å². The topological polar surface area (TPSA) is 66.4 Å². The second-order valence-corrected chi connectivity index (χ2v) is 9.35. The number of halogens is 1. The van der Waals surface area contributed by atoms with Gasteiger partial charge in [0.1, 0.15) is 4.21 Å². The molecule has 0 fully saturated rings. The summed E-state index contributed by atoms with van der Waals surface area (Å²) in [5.74, 6) is 0.0785. The van der Waals surface area contributed by atoms with Gasteiger partial charge < -0.3 is 5.11 Å². The molecule has 3 atom stereocenters. The first-order chi connectivity index (χ1) is 9.31. The molecular formula is C13H22BrNO3S2. The minimum atomic E-state index is -3.58. The summed E-state index contributed by atoms with van der Waals surface area (Å²) in [6, 6.07) is 2.82. The molecule has 2 N–H and O–H groups in total. The highest BCUT2D eigenvalue weighted by Gasteiger charge is 2.29. The highest BCUT2D eigenvalue weighted by Crippen LogP contribution is 2.27. The van der Waals surface area contributed by atoms with E-state index in [1.165, 1.54) is 11.3 Å². The summed E-state index contributed by atoms with van der Waals surface area (Å²) in [7, 11) is -3.58. The van der Waals surface area contributed by atoms with Crippen molar-refractivity contribution in [3.8, 4) is 0 Å². The summed E-state index contributed by atoms with van der Waals surface area (Å²) in [6.07, 6.45) is 1.56. The van der Waals surface area contributed by atoms with Gasteiger partial charge in [0, 0.05) is 0 Å². The first-order valence-corrected chi connectivity index (χ1v) is 9.86. The van der Waals surface area contributed by atoms with Crippen molar-refractivity contribution >= 4 is 37.3 Å². The number of aliphatic hydroxyl groups is 1. The minimum absolute atomic E-state index is 0.0785. The molecule has 0 aromatic carbocycles. The maximum Gasteiger partial charge on any atom is 0.250 e. The second-order valence-electron chi connectivity index (χ2n) is 4.95. The Hall–Kier alpha value is 0.0500. The third-order valence-corrected chi connectivity index (χ3v) is 6.94. The Balaban J connectivity index is 2.94. The van der Waals surface area contributed by atoms with Crippen LogP contribution in [0.25, 0.3) is 0 Å². The van der Waals surface area contributed by atoms with Crippen molar-refractivity contribution in [2.75, 3.05) is 0 Å². The van der Waals surface area contributed by atoms with E-state index in [1.54, 1.807) is 12.1 Å². The van der Waals surface area contributed by atoms with Crippen molar-refractivity contribution < 1.29 is 13.5 Å². The van der Waals surface area contributed by atoms with Crippen molar-refractivity contribution in [3.05, 3.63) is 15.9 Å². The highest BCUT2D eigenvalue weighted by molar-refractivity contribution is 9.11. The summed E-state index contributed by atoms with van der Waals surface area (Å²) in [5.41, 5.74) is 0. The zero-order valence-electron chi connectivity index (χ0n) is 12.0. The zero-order chi connectivity index (χ0) is 15.3. The molecule has 0 amide bonds. The lowest BCUT2D eigenvalue weighted by Gasteiger charge is -2.28. The Morgan fingerprint density at radius 3 is 2.50 bits per heavy atom. The van der Waals surface area contributed by atoms with Gasteiger partial charge in [-0.1, -0.05) is 33.6 Å². The molecule has 4 nitrogen and oxygen atoms in total. The normalized spacial score (nSPS) is 16.9. The monoisotopic (exact) mass is 383 g/mol. The van der Waals surface area contributed by atoms with Gasteiger partial charge in [0.15, 0.2) is 0 Å². The van der Waals surface area contributed by atoms with Crippen molar-refractivity contribution in [1.29, 1.82) is 0 Å². The molecule has 0 radical (unpaired) electrons. The van der Waals surface area contributed by atoms with Gasteiger partial charge in [-0.05, 0) is 40.4 Å². The predicted octanol–water partition coefficient (Wildman–Crippen LogP) is 3.36. The number of thiophene rings is 1. The van der Waals surface area contributed by atoms with E-state index in [2.05, 4.69) is 20.7 Å². The average molecular weight is 384 g/mol. The maximum atomic E-state index is 12.4. The molecule has 20 heavy (non-hydrogen) atoms. The fraction of sp³-hybridized carbons (Fsp3) is 0.692. The van der Waals surface area contributed by atoms with Crippen LogP contribution in [-0.2, 0) is 10.0 Å². The summed E-state index contributed by atoms with van der Waals surface area (Å²) in [5, 5.41) is 10.2. The molecule has 0 saturated heterocycles. The van der Waals surface area contributed by atoms with Gasteiger partial charge in [0.05, 0.1) is 15.9 Å². The number of rotatable bonds is 8. The van der Waals surface area contributed by atoms with Crippen LogP contribution in [0.1, 0.15) is 40.0 Å². The molecule has 0 aliphatic carbocycles. The minimum Gasteiger partial charge on any atom is -0.391 e. The lowest BCUT2D eigenvalue weighted by atomic mass is 9.93. The Morgan fingerprint density at radius 1 is 1.40 bits per heavy atom. The molecule has 0 spiro atoms. The Kier molecular flexibility index (Phi) is 7.14. The molecule has 1 heterocycles. The maximum absolute atomic E-state index is 12.4. The van der Waals surface area contributed by atoms with Gasteiger partial charge in [0.2, 0.25) is 10.0 Å². The fourth-order valence-electron chi connectivity index (χ4n) is 1.98. The smallest absolute Gasteiger partial charge is 0.250 e. The van der Waals surface area contributed by atoms with E-state index in [4.69, 9.17) is 0 Å². The summed E-state index contributed by atoms with van der Waals surface area (Å²) in [4.78, 5) is 0. The molecule has 0 saturated carbocycles. The van der Waals surface area contributed by atoms with E-state index in [0.717, 1.165) is 16.6 Å². The van der Waals surface area contributed by atoms with Crippen LogP contribution < -0.4 is 4.72 Å². The number of aliphatic hydroxyl groups excluding tert-OH is 1. The molecule has 0 unspecified atom stereocenters. The van der Waals surface area contributed by atoms with E-state index in [1.807, 2.05) is 20.8 Å². The van der Waals surface area contributed by atoms with E-state index in [-0.39, 0.29) is 10.1 Å². The largest absolute Gasteiger partial charge is 0.391 e. The average Bonchev–Trinajstić information content (AvgIpc) is 2.83. The first-order valence-electron chi connectivity index (χ1n) is 6.77. The van der Waals surface area contributed by atoms with E-state index < -0.39 is 22.2 Å². The quantitative estimate of drug-likeness (QED) is 0.722. The van der Waals surface area contributed by atoms with Crippen LogP contribution in [0.4, 0.5) is 0 Å². The molecule has 1 aromatic rings. The van der Waals surface area contributed by atoms with Crippen LogP contribution >= 0.6 is 27.3 Å². The van der Waals surface area contributed by atoms with E-state index in [9.17, 15) is 13.5 Å². The number of sulfonamides is 1. The Morgan fingerprint density at radius 2 is 2.05 bits per heavy atom. The van der Waals surface area contributed by atoms with Crippen LogP contribution in [0.15, 0.2) is 20.1 Å². The van der Waals surface area contributed by atoms with Crippen LogP contribution in [0, 0.1) is 5.92 Å². The Bertz CT molecular complexity index is 515. The zero-order valence-corrected chi connectivity index (χ0v) is 15.2. The van der Waals surface area contributed by atoms with Crippen LogP contribution in [-0.4, -0.2) is 25.7 Å². The van der Waals surface area contributed by atoms with Crippen molar-refractivity contribution in [3.63, 3.8) is 0 Å². The predicted molar refractivity (Wildman–Crippen MR) is 86.5 cm³/mol. The molecular weight excluding hydrogens is 362 g/mol. The number of nitrogens with one attached hydrogen (secondary N) is 1. The molecule has 0 aliphatic heterocycles. The third kappa shape index (κ3) is 4.80. The van der Waals surface area contributed by atoms with Gasteiger partial charge in [-0.3, -0.25) is 0 Å². The molecule has 7 heteroatoms. The Labute approximate surface area is 133 Å². The van der Waals surface area contributed by atoms with Crippen LogP contribution in [0.3, 0.4) is 0 Å². The van der Waals surface area contributed by atoms with Crippen molar-refractivity contribution in [1.82, 2.24) is 4.72 Å². The standard InChI is InChI=1S/C13H22BrNO3S2/c1-4-6-10(16)13(9(3)5-2)15-20(17,18)12-8-7-11(14)19-12/h7-10,13,15-16H,4-6H2,1-3H3/t9-,10+,13+/m0/s1. The molecule has 0 bridgehead atoms. The van der Waals surface area contributed by atoms with Crippen LogP contribution in [0.5, 0.6) is 0 Å². The second kappa shape index (κ2) is 7.89. The highest BCUT2D eigenvalue weighted by atomic mass is 79.9. The fourth-order valence-corrected chi connectivity index (χ4v) is 5.39. The van der Waals surface area contributed by atoms with Crippen LogP contribution in [0.2, 0.25) is 0 Å². The van der Waals surface area contributed by atoms with Gasteiger partial charge in [-0.25, -0.2) is 13.1 Å². The van der Waals surface area contributed by atoms with Gasteiger partial charge in [-0.15, -0.1) is 11.3 Å². The lowest BCUT2D eigenvalue weighted by molar-refractivity contribution is 0.102. The van der Waals surface area contributed by atoms with Gasteiger partial charge in [-0.2, -0.15) is 0 Å². The molecule has 1 aromatic heterocycles. The summed E-state index contributed by atoms with van der Waals surface area (Å²) in [6.45, 7) is 5.92. The van der Waals surface area contributed by atoms with Crippen molar-refractivity contribution in [2.24, 2.45) is 5.92 Å². The third-order valence-electron chi connectivity index (χ3n) is 3.36. The van der Waals surface area contributed by atoms with Gasteiger partial charge in [0.25, 0.3) is 0 Å². The molecule has 1 rings (SSSR count). The summed E-state index contributed by atoms with van der Waals surface area (Å²) < 4.78 is 28.4. The van der Waals surface area contributed by atoms with Crippen molar-refractivity contribution in [2.45, 2.75) is 56.4 Å². The number of hydrogen-bond donors (Lipinski definition) is 2. The number of hydrogen-bond acceptors (Lipinski definition) is 4. The molecule has 0 aliphatic rings.